The van der Waals surface area contributed by atoms with Crippen molar-refractivity contribution in [1.82, 2.24) is 9.80 Å². The van der Waals surface area contributed by atoms with Gasteiger partial charge in [-0.25, -0.2) is 0 Å². The molecule has 1 aliphatic heterocycles. The maximum Gasteiger partial charge on any atom is 0.312 e. The van der Waals surface area contributed by atoms with E-state index in [0.717, 1.165) is 0 Å². The van der Waals surface area contributed by atoms with E-state index in [2.05, 4.69) is 0 Å². The summed E-state index contributed by atoms with van der Waals surface area (Å²) in [7, 11) is 0. The molecule has 0 bridgehead atoms. The minimum Gasteiger partial charge on any atom is -0.484 e. The Labute approximate surface area is 128 Å². The van der Waals surface area contributed by atoms with Crippen molar-refractivity contribution >= 4 is 17.8 Å². The number of rotatable bonds is 5. The summed E-state index contributed by atoms with van der Waals surface area (Å²) in [5, 5.41) is 8.60. The van der Waals surface area contributed by atoms with Crippen molar-refractivity contribution in [2.45, 2.75) is 6.42 Å². The molecule has 0 unspecified atom stereocenters. The van der Waals surface area contributed by atoms with Crippen molar-refractivity contribution in [2.75, 3.05) is 32.8 Å². The smallest absolute Gasteiger partial charge is 0.312 e. The lowest BCUT2D eigenvalue weighted by atomic mass is 10.2. The molecule has 0 atom stereocenters. The number of carbonyl (C=O) groups is 3. The number of hydrogen-bond donors (Lipinski definition) is 1. The summed E-state index contributed by atoms with van der Waals surface area (Å²) < 4.78 is 5.40. The van der Waals surface area contributed by atoms with Gasteiger partial charge in [0.2, 0.25) is 5.91 Å². The van der Waals surface area contributed by atoms with Gasteiger partial charge < -0.3 is 19.6 Å². The Morgan fingerprint density at radius 1 is 0.955 bits per heavy atom. The Balaban J connectivity index is 1.75. The predicted octanol–water partition coefficient (Wildman–Crippen LogP) is 0.211. The first-order valence-corrected chi connectivity index (χ1v) is 7.01. The van der Waals surface area contributed by atoms with E-state index in [1.807, 2.05) is 18.2 Å². The van der Waals surface area contributed by atoms with Crippen molar-refractivity contribution in [3.8, 4) is 5.75 Å². The third kappa shape index (κ3) is 4.47. The Morgan fingerprint density at radius 2 is 1.50 bits per heavy atom. The van der Waals surface area contributed by atoms with Crippen LogP contribution < -0.4 is 4.74 Å². The number of carboxylic acids is 1. The highest BCUT2D eigenvalue weighted by atomic mass is 16.5. The summed E-state index contributed by atoms with van der Waals surface area (Å²) in [6.45, 7) is 1.43. The van der Waals surface area contributed by atoms with Crippen molar-refractivity contribution in [1.29, 1.82) is 0 Å². The highest BCUT2D eigenvalue weighted by Crippen LogP contribution is 2.09. The van der Waals surface area contributed by atoms with Gasteiger partial charge in [-0.15, -0.1) is 0 Å². The monoisotopic (exact) mass is 306 g/mol. The van der Waals surface area contributed by atoms with Crippen LogP contribution >= 0.6 is 0 Å². The standard InChI is InChI=1S/C15H18N2O5/c18-13(10-15(20)21)16-6-8-17(9-7-16)14(19)11-22-12-4-2-1-3-5-12/h1-5H,6-11H2,(H,20,21). The minimum absolute atomic E-state index is 0.0485. The van der Waals surface area contributed by atoms with E-state index in [-0.39, 0.29) is 12.5 Å². The van der Waals surface area contributed by atoms with E-state index in [1.54, 1.807) is 17.0 Å². The van der Waals surface area contributed by atoms with Crippen LogP contribution in [0.4, 0.5) is 0 Å². The largest absolute Gasteiger partial charge is 0.484 e. The molecule has 1 N–H and O–H groups in total. The fraction of sp³-hybridized carbons (Fsp3) is 0.400. The molecule has 1 aliphatic rings. The van der Waals surface area contributed by atoms with Crippen LogP contribution in [0.15, 0.2) is 30.3 Å². The number of benzene rings is 1. The van der Waals surface area contributed by atoms with E-state index >= 15 is 0 Å². The molecule has 0 radical (unpaired) electrons. The Morgan fingerprint density at radius 3 is 2.05 bits per heavy atom. The molecule has 0 spiro atoms. The van der Waals surface area contributed by atoms with Crippen molar-refractivity contribution < 1.29 is 24.2 Å². The van der Waals surface area contributed by atoms with Crippen LogP contribution in [0.3, 0.4) is 0 Å². The molecule has 2 amide bonds. The Kier molecular flexibility index (Phi) is 5.35. The van der Waals surface area contributed by atoms with Gasteiger partial charge in [0.15, 0.2) is 6.61 Å². The molecule has 2 rings (SSSR count). The van der Waals surface area contributed by atoms with Gasteiger partial charge >= 0.3 is 5.97 Å². The van der Waals surface area contributed by atoms with Crippen molar-refractivity contribution in [3.05, 3.63) is 30.3 Å². The van der Waals surface area contributed by atoms with Crippen LogP contribution in [0.1, 0.15) is 6.42 Å². The van der Waals surface area contributed by atoms with E-state index in [9.17, 15) is 14.4 Å². The van der Waals surface area contributed by atoms with Crippen molar-refractivity contribution in [3.63, 3.8) is 0 Å². The molecule has 1 aromatic rings. The first-order valence-electron chi connectivity index (χ1n) is 7.01. The molecule has 1 heterocycles. The van der Waals surface area contributed by atoms with Crippen molar-refractivity contribution in [2.24, 2.45) is 0 Å². The summed E-state index contributed by atoms with van der Waals surface area (Å²) in [6.07, 6.45) is -0.509. The highest BCUT2D eigenvalue weighted by molar-refractivity contribution is 5.93. The third-order valence-electron chi connectivity index (χ3n) is 3.39. The average Bonchev–Trinajstić information content (AvgIpc) is 2.53. The third-order valence-corrected chi connectivity index (χ3v) is 3.39. The number of hydrogen-bond acceptors (Lipinski definition) is 4. The number of carboxylic acid groups (broad SMARTS) is 1. The van der Waals surface area contributed by atoms with E-state index < -0.39 is 18.3 Å². The predicted molar refractivity (Wildman–Crippen MR) is 77.3 cm³/mol. The summed E-state index contributed by atoms with van der Waals surface area (Å²) in [5.74, 6) is -1.07. The SMILES string of the molecule is O=C(O)CC(=O)N1CCN(C(=O)COc2ccccc2)CC1. The molecule has 7 heteroatoms. The Hall–Kier alpha value is -2.57. The second-order valence-electron chi connectivity index (χ2n) is 4.93. The average molecular weight is 306 g/mol. The molecular formula is C15H18N2O5. The minimum atomic E-state index is -1.14. The second kappa shape index (κ2) is 7.44. The quantitative estimate of drug-likeness (QED) is 0.786. The van der Waals surface area contributed by atoms with Gasteiger partial charge in [-0.3, -0.25) is 14.4 Å². The number of amides is 2. The Bertz CT molecular complexity index is 538. The lowest BCUT2D eigenvalue weighted by Gasteiger charge is -2.34. The van der Waals surface area contributed by atoms with Crippen LogP contribution in [-0.2, 0) is 14.4 Å². The lowest BCUT2D eigenvalue weighted by Crippen LogP contribution is -2.51. The normalized spacial score (nSPS) is 14.5. The van der Waals surface area contributed by atoms with E-state index in [0.29, 0.717) is 31.9 Å². The second-order valence-corrected chi connectivity index (χ2v) is 4.93. The number of nitrogens with zero attached hydrogens (tertiary/aromatic N) is 2. The van der Waals surface area contributed by atoms with Gasteiger partial charge in [0, 0.05) is 26.2 Å². The molecule has 7 nitrogen and oxygen atoms in total. The van der Waals surface area contributed by atoms with E-state index in [1.165, 1.54) is 4.90 Å². The maximum absolute atomic E-state index is 12.0. The number of aliphatic carboxylic acids is 1. The molecule has 1 aromatic carbocycles. The molecular weight excluding hydrogens is 288 g/mol. The first kappa shape index (κ1) is 15.8. The zero-order valence-electron chi connectivity index (χ0n) is 12.1. The fourth-order valence-electron chi connectivity index (χ4n) is 2.20. The van der Waals surface area contributed by atoms with Gasteiger partial charge in [-0.1, -0.05) is 18.2 Å². The van der Waals surface area contributed by atoms with E-state index in [4.69, 9.17) is 9.84 Å². The molecule has 0 aromatic heterocycles. The zero-order chi connectivity index (χ0) is 15.9. The number of para-hydroxylation sites is 1. The molecule has 0 aliphatic carbocycles. The molecule has 1 saturated heterocycles. The summed E-state index contributed by atoms with van der Waals surface area (Å²) in [6, 6.07) is 9.06. The van der Waals surface area contributed by atoms with Crippen LogP contribution in [0.5, 0.6) is 5.75 Å². The molecule has 118 valence electrons. The van der Waals surface area contributed by atoms with Gasteiger partial charge in [-0.2, -0.15) is 0 Å². The topological polar surface area (TPSA) is 87.2 Å². The maximum atomic E-state index is 12.0. The van der Waals surface area contributed by atoms with Crippen LogP contribution in [0, 0.1) is 0 Å². The molecule has 0 saturated carbocycles. The van der Waals surface area contributed by atoms with Crippen LogP contribution in [0.2, 0.25) is 0 Å². The number of piperazine rings is 1. The fourth-order valence-corrected chi connectivity index (χ4v) is 2.20. The van der Waals surface area contributed by atoms with Crippen LogP contribution in [0.25, 0.3) is 0 Å². The number of ether oxygens (including phenoxy) is 1. The highest BCUT2D eigenvalue weighted by Gasteiger charge is 2.25. The first-order chi connectivity index (χ1) is 10.6. The molecule has 1 fully saturated rings. The van der Waals surface area contributed by atoms with Gasteiger partial charge in [-0.05, 0) is 12.1 Å². The summed E-state index contributed by atoms with van der Waals surface area (Å²) in [5.41, 5.74) is 0. The van der Waals surface area contributed by atoms with Gasteiger partial charge in [0.25, 0.3) is 5.91 Å². The van der Waals surface area contributed by atoms with Gasteiger partial charge in [0.05, 0.1) is 0 Å². The lowest BCUT2D eigenvalue weighted by molar-refractivity contribution is -0.147. The molecule has 22 heavy (non-hydrogen) atoms. The summed E-state index contributed by atoms with van der Waals surface area (Å²) >= 11 is 0. The van der Waals surface area contributed by atoms with Gasteiger partial charge in [0.1, 0.15) is 12.2 Å². The number of carbonyl (C=O) groups excluding carboxylic acids is 2. The van der Waals surface area contributed by atoms with Crippen LogP contribution in [-0.4, -0.2) is 65.5 Å². The zero-order valence-corrected chi connectivity index (χ0v) is 12.1. The summed E-state index contributed by atoms with van der Waals surface area (Å²) in [4.78, 5) is 37.2.